The number of amides is 1. The van der Waals surface area contributed by atoms with Gasteiger partial charge in [-0.15, -0.1) is 0 Å². The summed E-state index contributed by atoms with van der Waals surface area (Å²) in [6.07, 6.45) is 1.55. The highest BCUT2D eigenvalue weighted by molar-refractivity contribution is 5.87. The molecule has 0 fully saturated rings. The standard InChI is InChI=1S/C8H16N2O2/c1-3-4-7(6(2)11)10-8(12)5-9/h7H,3-5,9H2,1-2H3,(H,10,12). The van der Waals surface area contributed by atoms with Gasteiger partial charge in [0.05, 0.1) is 12.6 Å². The van der Waals surface area contributed by atoms with E-state index in [4.69, 9.17) is 5.73 Å². The molecule has 3 N–H and O–H groups in total. The quantitative estimate of drug-likeness (QED) is 0.604. The van der Waals surface area contributed by atoms with Crippen LogP contribution in [0.3, 0.4) is 0 Å². The number of ketones is 1. The molecule has 0 saturated carbocycles. The first-order chi connectivity index (χ1) is 5.61. The van der Waals surface area contributed by atoms with Gasteiger partial charge in [-0.2, -0.15) is 0 Å². The molecule has 0 heterocycles. The first kappa shape index (κ1) is 11.1. The lowest BCUT2D eigenvalue weighted by molar-refractivity contribution is -0.126. The number of rotatable bonds is 5. The number of hydrogen-bond donors (Lipinski definition) is 2. The average molecular weight is 172 g/mol. The van der Waals surface area contributed by atoms with E-state index in [1.807, 2.05) is 6.92 Å². The lowest BCUT2D eigenvalue weighted by Crippen LogP contribution is -2.42. The van der Waals surface area contributed by atoms with Crippen LogP contribution in [0, 0.1) is 0 Å². The maximum absolute atomic E-state index is 10.9. The van der Waals surface area contributed by atoms with Crippen molar-refractivity contribution in [1.82, 2.24) is 5.32 Å². The summed E-state index contributed by atoms with van der Waals surface area (Å²) in [7, 11) is 0. The summed E-state index contributed by atoms with van der Waals surface area (Å²) in [6, 6.07) is -0.356. The smallest absolute Gasteiger partial charge is 0.234 e. The molecule has 12 heavy (non-hydrogen) atoms. The van der Waals surface area contributed by atoms with Gasteiger partial charge < -0.3 is 11.1 Å². The Morgan fingerprint density at radius 2 is 2.08 bits per heavy atom. The summed E-state index contributed by atoms with van der Waals surface area (Å²) in [6.45, 7) is 3.37. The van der Waals surface area contributed by atoms with Crippen molar-refractivity contribution in [2.24, 2.45) is 5.73 Å². The van der Waals surface area contributed by atoms with Crippen molar-refractivity contribution in [3.8, 4) is 0 Å². The van der Waals surface area contributed by atoms with Gasteiger partial charge in [-0.05, 0) is 13.3 Å². The molecule has 0 radical (unpaired) electrons. The van der Waals surface area contributed by atoms with Gasteiger partial charge in [-0.1, -0.05) is 13.3 Å². The monoisotopic (exact) mass is 172 g/mol. The molecule has 0 aliphatic heterocycles. The molecule has 4 heteroatoms. The van der Waals surface area contributed by atoms with Crippen LogP contribution in [0.5, 0.6) is 0 Å². The minimum Gasteiger partial charge on any atom is -0.345 e. The first-order valence-corrected chi connectivity index (χ1v) is 4.11. The third-order valence-corrected chi connectivity index (χ3v) is 1.59. The molecule has 0 aliphatic carbocycles. The Morgan fingerprint density at radius 3 is 2.42 bits per heavy atom. The van der Waals surface area contributed by atoms with Gasteiger partial charge >= 0.3 is 0 Å². The predicted octanol–water partition coefficient (Wildman–Crippen LogP) is -0.181. The number of hydrogen-bond acceptors (Lipinski definition) is 3. The Hall–Kier alpha value is -0.900. The molecule has 1 atom stereocenters. The minimum atomic E-state index is -0.356. The highest BCUT2D eigenvalue weighted by Crippen LogP contribution is 1.97. The molecule has 70 valence electrons. The maximum Gasteiger partial charge on any atom is 0.234 e. The van der Waals surface area contributed by atoms with Crippen LogP contribution < -0.4 is 11.1 Å². The molecule has 0 rings (SSSR count). The topological polar surface area (TPSA) is 72.2 Å². The molecule has 0 saturated heterocycles. The highest BCUT2D eigenvalue weighted by atomic mass is 16.2. The number of carbonyl (C=O) groups excluding carboxylic acids is 2. The fourth-order valence-electron chi connectivity index (χ4n) is 0.919. The molecule has 0 aromatic carbocycles. The maximum atomic E-state index is 10.9. The van der Waals surface area contributed by atoms with Crippen molar-refractivity contribution in [3.63, 3.8) is 0 Å². The van der Waals surface area contributed by atoms with E-state index in [9.17, 15) is 9.59 Å². The Kier molecular flexibility index (Phi) is 5.28. The summed E-state index contributed by atoms with van der Waals surface area (Å²) in [5.74, 6) is -0.290. The SMILES string of the molecule is CCCC(NC(=O)CN)C(C)=O. The Bertz CT molecular complexity index is 166. The third-order valence-electron chi connectivity index (χ3n) is 1.59. The normalized spacial score (nSPS) is 12.2. The molecule has 0 aromatic rings. The van der Waals surface area contributed by atoms with E-state index < -0.39 is 0 Å². The average Bonchev–Trinajstić information content (AvgIpc) is 2.03. The summed E-state index contributed by atoms with van der Waals surface area (Å²) in [4.78, 5) is 21.7. The van der Waals surface area contributed by atoms with E-state index in [0.29, 0.717) is 6.42 Å². The number of nitrogens with one attached hydrogen (secondary N) is 1. The van der Waals surface area contributed by atoms with E-state index in [1.165, 1.54) is 6.92 Å². The molecular formula is C8H16N2O2. The van der Waals surface area contributed by atoms with Crippen molar-refractivity contribution in [2.75, 3.05) is 6.54 Å². The highest BCUT2D eigenvalue weighted by Gasteiger charge is 2.14. The second-order valence-electron chi connectivity index (χ2n) is 2.72. The fraction of sp³-hybridized carbons (Fsp3) is 0.750. The van der Waals surface area contributed by atoms with Crippen LogP contribution in [0.1, 0.15) is 26.7 Å². The summed E-state index contributed by atoms with van der Waals surface area (Å²) in [5, 5.41) is 2.55. The Balaban J connectivity index is 3.95. The zero-order valence-corrected chi connectivity index (χ0v) is 7.59. The van der Waals surface area contributed by atoms with Gasteiger partial charge in [0, 0.05) is 0 Å². The van der Waals surface area contributed by atoms with Crippen molar-refractivity contribution in [1.29, 1.82) is 0 Å². The minimum absolute atomic E-state index is 0.0151. The fourth-order valence-corrected chi connectivity index (χ4v) is 0.919. The third kappa shape index (κ3) is 4.08. The van der Waals surface area contributed by atoms with E-state index >= 15 is 0 Å². The van der Waals surface area contributed by atoms with Gasteiger partial charge in [-0.3, -0.25) is 9.59 Å². The Morgan fingerprint density at radius 1 is 1.50 bits per heavy atom. The van der Waals surface area contributed by atoms with Crippen LogP contribution in [-0.4, -0.2) is 24.3 Å². The lowest BCUT2D eigenvalue weighted by atomic mass is 10.1. The molecule has 1 unspecified atom stereocenters. The summed E-state index contributed by atoms with van der Waals surface area (Å²) < 4.78 is 0. The largest absolute Gasteiger partial charge is 0.345 e. The summed E-state index contributed by atoms with van der Waals surface area (Å²) >= 11 is 0. The van der Waals surface area contributed by atoms with Gasteiger partial charge in [0.25, 0.3) is 0 Å². The summed E-state index contributed by atoms with van der Waals surface area (Å²) in [5.41, 5.74) is 5.09. The zero-order chi connectivity index (χ0) is 9.56. The van der Waals surface area contributed by atoms with Gasteiger partial charge in [0.15, 0.2) is 5.78 Å². The zero-order valence-electron chi connectivity index (χ0n) is 7.59. The molecular weight excluding hydrogens is 156 g/mol. The van der Waals surface area contributed by atoms with E-state index in [1.54, 1.807) is 0 Å². The van der Waals surface area contributed by atoms with Crippen LogP contribution >= 0.6 is 0 Å². The Labute approximate surface area is 72.5 Å². The first-order valence-electron chi connectivity index (χ1n) is 4.11. The van der Waals surface area contributed by atoms with E-state index in [-0.39, 0.29) is 24.3 Å². The predicted molar refractivity (Wildman–Crippen MR) is 46.6 cm³/mol. The molecule has 4 nitrogen and oxygen atoms in total. The number of carbonyl (C=O) groups is 2. The van der Waals surface area contributed by atoms with Gasteiger partial charge in [-0.25, -0.2) is 0 Å². The van der Waals surface area contributed by atoms with Crippen LogP contribution in [0.15, 0.2) is 0 Å². The van der Waals surface area contributed by atoms with Crippen LogP contribution in [-0.2, 0) is 9.59 Å². The van der Waals surface area contributed by atoms with Crippen LogP contribution in [0.4, 0.5) is 0 Å². The van der Waals surface area contributed by atoms with Crippen molar-refractivity contribution in [3.05, 3.63) is 0 Å². The molecule has 0 bridgehead atoms. The second-order valence-corrected chi connectivity index (χ2v) is 2.72. The van der Waals surface area contributed by atoms with Gasteiger partial charge in [0.2, 0.25) is 5.91 Å². The van der Waals surface area contributed by atoms with Crippen LogP contribution in [0.2, 0.25) is 0 Å². The second kappa shape index (κ2) is 5.71. The van der Waals surface area contributed by atoms with E-state index in [0.717, 1.165) is 6.42 Å². The molecule has 0 aliphatic rings. The molecule has 0 aromatic heterocycles. The molecule has 0 spiro atoms. The van der Waals surface area contributed by atoms with E-state index in [2.05, 4.69) is 5.32 Å². The number of nitrogens with two attached hydrogens (primary N) is 1. The van der Waals surface area contributed by atoms with Crippen molar-refractivity contribution >= 4 is 11.7 Å². The van der Waals surface area contributed by atoms with Crippen molar-refractivity contribution < 1.29 is 9.59 Å². The molecule has 1 amide bonds. The van der Waals surface area contributed by atoms with Gasteiger partial charge in [0.1, 0.15) is 0 Å². The van der Waals surface area contributed by atoms with Crippen molar-refractivity contribution in [2.45, 2.75) is 32.7 Å². The number of Topliss-reactive ketones (excluding diaryl/α,β-unsaturated/α-hetero) is 1. The van der Waals surface area contributed by atoms with Crippen LogP contribution in [0.25, 0.3) is 0 Å². The lowest BCUT2D eigenvalue weighted by Gasteiger charge is -2.13.